The minimum atomic E-state index is -0.469. The minimum absolute atomic E-state index is 0.120. The minimum Gasteiger partial charge on any atom is -0.444 e. The van der Waals surface area contributed by atoms with Gasteiger partial charge in [0.15, 0.2) is 0 Å². The van der Waals surface area contributed by atoms with Gasteiger partial charge in [-0.25, -0.2) is 9.18 Å². The summed E-state index contributed by atoms with van der Waals surface area (Å²) in [6, 6.07) is 5.52. The van der Waals surface area contributed by atoms with Crippen LogP contribution in [0, 0.1) is 5.82 Å². The molecule has 1 aromatic carbocycles. The molecule has 1 fully saturated rings. The number of rotatable bonds is 1. The topological polar surface area (TPSA) is 32.8 Å². The van der Waals surface area contributed by atoms with Crippen LogP contribution in [0.3, 0.4) is 0 Å². The second-order valence-electron chi connectivity index (χ2n) is 7.07. The van der Waals surface area contributed by atoms with Crippen LogP contribution in [0.15, 0.2) is 18.2 Å². The SMILES string of the molecule is CC.CC(C)(C)OC(=O)N1CC(N2CCCc3c(F)cccc32)C1. The number of hydrogen-bond acceptors (Lipinski definition) is 3. The zero-order valence-electron chi connectivity index (χ0n) is 15.4. The van der Waals surface area contributed by atoms with Gasteiger partial charge in [-0.15, -0.1) is 0 Å². The fraction of sp³-hybridized carbons (Fsp3) is 0.632. The molecule has 0 aromatic heterocycles. The summed E-state index contributed by atoms with van der Waals surface area (Å²) in [6.45, 7) is 11.8. The van der Waals surface area contributed by atoms with Gasteiger partial charge >= 0.3 is 6.09 Å². The summed E-state index contributed by atoms with van der Waals surface area (Å²) < 4.78 is 19.3. The van der Waals surface area contributed by atoms with Gasteiger partial charge in [-0.1, -0.05) is 19.9 Å². The second-order valence-corrected chi connectivity index (χ2v) is 7.07. The van der Waals surface area contributed by atoms with Crippen molar-refractivity contribution in [2.24, 2.45) is 0 Å². The zero-order valence-corrected chi connectivity index (χ0v) is 15.4. The number of carbonyl (C=O) groups excluding carboxylic acids is 1. The molecule has 0 atom stereocenters. The summed E-state index contributed by atoms with van der Waals surface area (Å²) in [5.74, 6) is -0.120. The van der Waals surface area contributed by atoms with E-state index in [9.17, 15) is 9.18 Å². The summed E-state index contributed by atoms with van der Waals surface area (Å²) in [5.41, 5.74) is 1.33. The molecule has 0 saturated carbocycles. The molecule has 0 N–H and O–H groups in total. The van der Waals surface area contributed by atoms with E-state index in [1.54, 1.807) is 11.0 Å². The van der Waals surface area contributed by atoms with Crippen molar-refractivity contribution in [2.75, 3.05) is 24.5 Å². The van der Waals surface area contributed by atoms with Gasteiger partial charge in [0.05, 0.1) is 6.04 Å². The molecule has 0 aliphatic carbocycles. The lowest BCUT2D eigenvalue weighted by Crippen LogP contribution is -2.62. The van der Waals surface area contributed by atoms with Gasteiger partial charge in [-0.2, -0.15) is 0 Å². The number of amides is 1. The molecule has 3 rings (SSSR count). The Morgan fingerprint density at radius 3 is 2.54 bits per heavy atom. The monoisotopic (exact) mass is 336 g/mol. The van der Waals surface area contributed by atoms with Gasteiger partial charge in [0, 0.05) is 30.9 Å². The Morgan fingerprint density at radius 2 is 1.92 bits per heavy atom. The summed E-state index contributed by atoms with van der Waals surface area (Å²) in [6.07, 6.45) is 1.48. The molecular weight excluding hydrogens is 307 g/mol. The van der Waals surface area contributed by atoms with Crippen molar-refractivity contribution in [2.45, 2.75) is 59.1 Å². The van der Waals surface area contributed by atoms with Gasteiger partial charge in [-0.05, 0) is 45.7 Å². The number of likely N-dealkylation sites (tertiary alicyclic amines) is 1. The average Bonchev–Trinajstić information content (AvgIpc) is 2.47. The molecule has 2 heterocycles. The van der Waals surface area contributed by atoms with Gasteiger partial charge in [-0.3, -0.25) is 0 Å². The Hall–Kier alpha value is -1.78. The van der Waals surface area contributed by atoms with E-state index in [-0.39, 0.29) is 18.0 Å². The fourth-order valence-electron chi connectivity index (χ4n) is 3.12. The molecule has 5 heteroatoms. The van der Waals surface area contributed by atoms with Crippen molar-refractivity contribution < 1.29 is 13.9 Å². The molecule has 134 valence electrons. The van der Waals surface area contributed by atoms with Crippen molar-refractivity contribution in [3.8, 4) is 0 Å². The van der Waals surface area contributed by atoms with Crippen LogP contribution < -0.4 is 4.90 Å². The van der Waals surface area contributed by atoms with Crippen LogP contribution in [0.25, 0.3) is 0 Å². The van der Waals surface area contributed by atoms with Crippen molar-refractivity contribution in [3.05, 3.63) is 29.6 Å². The van der Waals surface area contributed by atoms with Crippen LogP contribution in [-0.2, 0) is 11.2 Å². The zero-order chi connectivity index (χ0) is 17.9. The first-order chi connectivity index (χ1) is 11.3. The maximum Gasteiger partial charge on any atom is 0.410 e. The van der Waals surface area contributed by atoms with Gasteiger partial charge in [0.1, 0.15) is 11.4 Å². The molecule has 1 amide bonds. The molecule has 2 aliphatic rings. The molecule has 1 saturated heterocycles. The number of hydrogen-bond donors (Lipinski definition) is 0. The van der Waals surface area contributed by atoms with Crippen molar-refractivity contribution >= 4 is 11.8 Å². The average molecular weight is 336 g/mol. The number of fused-ring (bicyclic) bond motifs is 1. The smallest absolute Gasteiger partial charge is 0.410 e. The predicted octanol–water partition coefficient (Wildman–Crippen LogP) is 4.22. The molecular formula is C19H29FN2O2. The number of carbonyl (C=O) groups is 1. The fourth-order valence-corrected chi connectivity index (χ4v) is 3.12. The highest BCUT2D eigenvalue weighted by Crippen LogP contribution is 2.33. The highest BCUT2D eigenvalue weighted by Gasteiger charge is 2.38. The van der Waals surface area contributed by atoms with Gasteiger partial charge in [0.2, 0.25) is 0 Å². The largest absolute Gasteiger partial charge is 0.444 e. The van der Waals surface area contributed by atoms with Crippen LogP contribution in [0.5, 0.6) is 0 Å². The molecule has 1 aromatic rings. The molecule has 0 unspecified atom stereocenters. The van der Waals surface area contributed by atoms with E-state index in [4.69, 9.17) is 4.74 Å². The van der Waals surface area contributed by atoms with Crippen LogP contribution in [0.1, 0.15) is 46.6 Å². The predicted molar refractivity (Wildman–Crippen MR) is 95.0 cm³/mol. The summed E-state index contributed by atoms with van der Waals surface area (Å²) in [4.78, 5) is 15.9. The van der Waals surface area contributed by atoms with Crippen molar-refractivity contribution in [3.63, 3.8) is 0 Å². The summed E-state index contributed by atoms with van der Waals surface area (Å²) in [7, 11) is 0. The lowest BCUT2D eigenvalue weighted by molar-refractivity contribution is 0.00800. The van der Waals surface area contributed by atoms with E-state index in [0.717, 1.165) is 30.6 Å². The standard InChI is InChI=1S/C17H23FN2O2.C2H6/c1-17(2,3)22-16(21)19-10-12(11-19)20-9-5-6-13-14(18)7-4-8-15(13)20;1-2/h4,7-8,12H,5-6,9-11H2,1-3H3;1-2H3. The van der Waals surface area contributed by atoms with Crippen LogP contribution in [0.2, 0.25) is 0 Å². The van der Waals surface area contributed by atoms with E-state index in [1.807, 2.05) is 40.7 Å². The van der Waals surface area contributed by atoms with Crippen LogP contribution in [0.4, 0.5) is 14.9 Å². The third-order valence-corrected chi connectivity index (χ3v) is 4.18. The first-order valence-electron chi connectivity index (χ1n) is 8.87. The van der Waals surface area contributed by atoms with E-state index in [1.165, 1.54) is 6.07 Å². The van der Waals surface area contributed by atoms with E-state index >= 15 is 0 Å². The lowest BCUT2D eigenvalue weighted by Gasteiger charge is -2.48. The Morgan fingerprint density at radius 1 is 1.25 bits per heavy atom. The third-order valence-electron chi connectivity index (χ3n) is 4.18. The number of benzene rings is 1. The van der Waals surface area contributed by atoms with E-state index in [0.29, 0.717) is 13.1 Å². The van der Waals surface area contributed by atoms with Crippen molar-refractivity contribution in [1.82, 2.24) is 4.90 Å². The third kappa shape index (κ3) is 4.00. The Labute approximate surface area is 144 Å². The number of halogens is 1. The molecule has 0 bridgehead atoms. The number of anilines is 1. The highest BCUT2D eigenvalue weighted by molar-refractivity contribution is 5.70. The summed E-state index contributed by atoms with van der Waals surface area (Å²) in [5, 5.41) is 0. The van der Waals surface area contributed by atoms with E-state index < -0.39 is 5.60 Å². The molecule has 0 radical (unpaired) electrons. The van der Waals surface area contributed by atoms with Crippen LogP contribution >= 0.6 is 0 Å². The van der Waals surface area contributed by atoms with Gasteiger partial charge in [0.25, 0.3) is 0 Å². The highest BCUT2D eigenvalue weighted by atomic mass is 19.1. The lowest BCUT2D eigenvalue weighted by atomic mass is 9.97. The molecule has 4 nitrogen and oxygen atoms in total. The first kappa shape index (κ1) is 18.6. The Kier molecular flexibility index (Phi) is 5.73. The molecule has 24 heavy (non-hydrogen) atoms. The number of nitrogens with zero attached hydrogens (tertiary/aromatic N) is 2. The summed E-state index contributed by atoms with van der Waals surface area (Å²) >= 11 is 0. The van der Waals surface area contributed by atoms with Gasteiger partial charge < -0.3 is 14.5 Å². The maximum absolute atomic E-state index is 13.9. The molecule has 0 spiro atoms. The second kappa shape index (κ2) is 7.41. The van der Waals surface area contributed by atoms with Crippen LogP contribution in [-0.4, -0.2) is 42.3 Å². The normalized spacial score (nSPS) is 17.4. The number of ether oxygens (including phenoxy) is 1. The Balaban J connectivity index is 0.00000100. The maximum atomic E-state index is 13.9. The molecule has 2 aliphatic heterocycles. The Bertz CT molecular complexity index is 577. The van der Waals surface area contributed by atoms with E-state index in [2.05, 4.69) is 4.90 Å². The van der Waals surface area contributed by atoms with Crippen molar-refractivity contribution in [1.29, 1.82) is 0 Å². The quantitative estimate of drug-likeness (QED) is 0.769. The first-order valence-corrected chi connectivity index (χ1v) is 8.87.